The number of likely N-dealkylation sites (N-methyl/N-ethyl adjacent to an activating group) is 1. The van der Waals surface area contributed by atoms with Crippen LogP contribution in [-0.4, -0.2) is 49.0 Å². The predicted molar refractivity (Wildman–Crippen MR) is 43.5 cm³/mol. The third-order valence-corrected chi connectivity index (χ3v) is 2.11. The Morgan fingerprint density at radius 2 is 2.36 bits per heavy atom. The molecule has 0 bridgehead atoms. The summed E-state index contributed by atoms with van der Waals surface area (Å²) in [6, 6.07) is 0. The molecule has 1 fully saturated rings. The molecule has 1 heterocycles. The van der Waals surface area contributed by atoms with Crippen molar-refractivity contribution < 1.29 is 9.84 Å². The van der Waals surface area contributed by atoms with E-state index in [-0.39, 0.29) is 12.2 Å². The fourth-order valence-corrected chi connectivity index (χ4v) is 1.44. The van der Waals surface area contributed by atoms with Gasteiger partial charge in [0.1, 0.15) is 0 Å². The smallest absolute Gasteiger partial charge is 0.0960 e. The second-order valence-electron chi connectivity index (χ2n) is 3.11. The van der Waals surface area contributed by atoms with Crippen LogP contribution in [-0.2, 0) is 4.74 Å². The Bertz CT molecular complexity index is 119. The number of hydrogen-bond donors (Lipinski definition) is 1. The second kappa shape index (κ2) is 4.04. The quantitative estimate of drug-likeness (QED) is 0.619. The molecule has 3 heteroatoms. The van der Waals surface area contributed by atoms with E-state index in [2.05, 4.69) is 11.9 Å². The van der Waals surface area contributed by atoms with Crippen LogP contribution >= 0.6 is 0 Å². The van der Waals surface area contributed by atoms with E-state index in [4.69, 9.17) is 4.74 Å². The summed E-state index contributed by atoms with van der Waals surface area (Å²) >= 11 is 0. The third-order valence-electron chi connectivity index (χ3n) is 2.11. The van der Waals surface area contributed by atoms with E-state index in [1.165, 1.54) is 0 Å². The van der Waals surface area contributed by atoms with Gasteiger partial charge in [0.2, 0.25) is 0 Å². The number of ether oxygens (including phenoxy) is 1. The molecule has 0 saturated carbocycles. The number of aliphatic hydroxyl groups is 1. The summed E-state index contributed by atoms with van der Waals surface area (Å²) in [4.78, 5) is 2.19. The molecule has 1 N–H and O–H groups in total. The Kier molecular flexibility index (Phi) is 3.30. The second-order valence-corrected chi connectivity index (χ2v) is 3.11. The van der Waals surface area contributed by atoms with Gasteiger partial charge in [-0.2, -0.15) is 0 Å². The fourth-order valence-electron chi connectivity index (χ4n) is 1.44. The van der Waals surface area contributed by atoms with Crippen LogP contribution in [0, 0.1) is 0 Å². The van der Waals surface area contributed by atoms with Gasteiger partial charge in [0.25, 0.3) is 0 Å². The van der Waals surface area contributed by atoms with Gasteiger partial charge in [0.05, 0.1) is 12.2 Å². The molecule has 0 unspecified atom stereocenters. The Balaban J connectivity index is 2.34. The van der Waals surface area contributed by atoms with Gasteiger partial charge in [-0.1, -0.05) is 0 Å². The van der Waals surface area contributed by atoms with Crippen LogP contribution < -0.4 is 0 Å². The minimum Gasteiger partial charge on any atom is -0.390 e. The van der Waals surface area contributed by atoms with E-state index in [1.807, 2.05) is 6.92 Å². The highest BCUT2D eigenvalue weighted by Crippen LogP contribution is 2.11. The lowest BCUT2D eigenvalue weighted by Crippen LogP contribution is -2.46. The average molecular weight is 159 g/mol. The molecule has 11 heavy (non-hydrogen) atoms. The highest BCUT2D eigenvalue weighted by Gasteiger charge is 2.25. The minimum atomic E-state index is -0.258. The number of rotatable bonds is 2. The van der Waals surface area contributed by atoms with E-state index in [0.717, 1.165) is 19.5 Å². The lowest BCUT2D eigenvalue weighted by molar-refractivity contribution is -0.0712. The number of piperidine rings is 1. The molecule has 1 aliphatic heterocycles. The summed E-state index contributed by atoms with van der Waals surface area (Å²) in [7, 11) is 2.05. The van der Waals surface area contributed by atoms with E-state index in [0.29, 0.717) is 6.61 Å². The van der Waals surface area contributed by atoms with Crippen molar-refractivity contribution in [2.45, 2.75) is 25.6 Å². The summed E-state index contributed by atoms with van der Waals surface area (Å²) in [6.45, 7) is 4.48. The van der Waals surface area contributed by atoms with Crippen molar-refractivity contribution in [2.75, 3.05) is 26.7 Å². The van der Waals surface area contributed by atoms with Gasteiger partial charge in [-0.05, 0) is 20.4 Å². The van der Waals surface area contributed by atoms with Crippen LogP contribution in [0.25, 0.3) is 0 Å². The Hall–Kier alpha value is -0.120. The monoisotopic (exact) mass is 159 g/mol. The molecule has 0 aromatic carbocycles. The average Bonchev–Trinajstić information content (AvgIpc) is 1.98. The number of likely N-dealkylation sites (tertiary alicyclic amines) is 1. The molecule has 0 amide bonds. The van der Waals surface area contributed by atoms with Crippen LogP contribution in [0.15, 0.2) is 0 Å². The first-order valence-electron chi connectivity index (χ1n) is 4.22. The van der Waals surface area contributed by atoms with Crippen molar-refractivity contribution in [3.8, 4) is 0 Å². The molecule has 1 rings (SSSR count). The normalized spacial score (nSPS) is 34.1. The molecule has 3 nitrogen and oxygen atoms in total. The molecule has 66 valence electrons. The van der Waals surface area contributed by atoms with Crippen LogP contribution in [0.5, 0.6) is 0 Å². The molecule has 1 aliphatic rings. The van der Waals surface area contributed by atoms with Crippen LogP contribution in [0.3, 0.4) is 0 Å². The summed E-state index contributed by atoms with van der Waals surface area (Å²) in [5, 5.41) is 9.47. The lowest BCUT2D eigenvalue weighted by Gasteiger charge is -2.33. The van der Waals surface area contributed by atoms with Gasteiger partial charge >= 0.3 is 0 Å². The maximum absolute atomic E-state index is 9.47. The topological polar surface area (TPSA) is 32.7 Å². The zero-order valence-corrected chi connectivity index (χ0v) is 7.29. The first-order valence-corrected chi connectivity index (χ1v) is 4.22. The number of aliphatic hydroxyl groups excluding tert-OH is 1. The maximum Gasteiger partial charge on any atom is 0.0960 e. The molecule has 0 aliphatic carbocycles. The van der Waals surface area contributed by atoms with Gasteiger partial charge in [-0.3, -0.25) is 0 Å². The van der Waals surface area contributed by atoms with Gasteiger partial charge in [0, 0.05) is 19.7 Å². The molecule has 0 spiro atoms. The van der Waals surface area contributed by atoms with Crippen molar-refractivity contribution in [3.05, 3.63) is 0 Å². The van der Waals surface area contributed by atoms with Crippen LogP contribution in [0.1, 0.15) is 13.3 Å². The van der Waals surface area contributed by atoms with Gasteiger partial charge < -0.3 is 14.7 Å². The lowest BCUT2D eigenvalue weighted by atomic mass is 10.1. The Morgan fingerprint density at radius 1 is 1.64 bits per heavy atom. The maximum atomic E-state index is 9.47. The van der Waals surface area contributed by atoms with Crippen LogP contribution in [0.4, 0.5) is 0 Å². The summed E-state index contributed by atoms with van der Waals surface area (Å²) < 4.78 is 5.37. The zero-order chi connectivity index (χ0) is 8.27. The molecule has 2 atom stereocenters. The van der Waals surface area contributed by atoms with Crippen LogP contribution in [0.2, 0.25) is 0 Å². The van der Waals surface area contributed by atoms with Gasteiger partial charge in [-0.15, -0.1) is 0 Å². The summed E-state index contributed by atoms with van der Waals surface area (Å²) in [5.41, 5.74) is 0. The predicted octanol–water partition coefficient (Wildman–Crippen LogP) is 0.0879. The number of nitrogens with zero attached hydrogens (tertiary/aromatic N) is 1. The fraction of sp³-hybridized carbons (Fsp3) is 1.00. The largest absolute Gasteiger partial charge is 0.390 e. The van der Waals surface area contributed by atoms with E-state index in [1.54, 1.807) is 0 Å². The highest BCUT2D eigenvalue weighted by atomic mass is 16.5. The third kappa shape index (κ3) is 2.43. The Labute approximate surface area is 68.0 Å². The summed E-state index contributed by atoms with van der Waals surface area (Å²) in [6.07, 6.45) is 0.603. The SMILES string of the molecule is CCO[C@@H]1CN(C)CC[C@H]1O. The van der Waals surface area contributed by atoms with E-state index >= 15 is 0 Å². The zero-order valence-electron chi connectivity index (χ0n) is 7.29. The number of hydrogen-bond acceptors (Lipinski definition) is 3. The van der Waals surface area contributed by atoms with Gasteiger partial charge in [0.15, 0.2) is 0 Å². The van der Waals surface area contributed by atoms with Gasteiger partial charge in [-0.25, -0.2) is 0 Å². The van der Waals surface area contributed by atoms with E-state index in [9.17, 15) is 5.11 Å². The Morgan fingerprint density at radius 3 is 3.00 bits per heavy atom. The van der Waals surface area contributed by atoms with Crippen molar-refractivity contribution in [2.24, 2.45) is 0 Å². The summed E-state index contributed by atoms with van der Waals surface area (Å²) in [5.74, 6) is 0. The van der Waals surface area contributed by atoms with Crippen molar-refractivity contribution >= 4 is 0 Å². The van der Waals surface area contributed by atoms with Crippen molar-refractivity contribution in [1.29, 1.82) is 0 Å². The van der Waals surface area contributed by atoms with Crippen molar-refractivity contribution in [1.82, 2.24) is 4.90 Å². The molecule has 1 saturated heterocycles. The molecular weight excluding hydrogens is 142 g/mol. The molecular formula is C8H17NO2. The molecule has 0 radical (unpaired) electrons. The van der Waals surface area contributed by atoms with E-state index < -0.39 is 0 Å². The minimum absolute atomic E-state index is 0.0266. The molecule has 0 aromatic heterocycles. The highest BCUT2D eigenvalue weighted by molar-refractivity contribution is 4.78. The molecule has 0 aromatic rings. The van der Waals surface area contributed by atoms with Crippen molar-refractivity contribution in [3.63, 3.8) is 0 Å². The standard InChI is InChI=1S/C8H17NO2/c1-3-11-8-6-9(2)5-4-7(8)10/h7-8,10H,3-6H2,1-2H3/t7-,8-/m1/s1. The first-order chi connectivity index (χ1) is 5.24. The first kappa shape index (κ1) is 8.97.